The summed E-state index contributed by atoms with van der Waals surface area (Å²) in [5, 5.41) is 14.5. The van der Waals surface area contributed by atoms with E-state index in [1.165, 1.54) is 17.3 Å². The van der Waals surface area contributed by atoms with E-state index in [2.05, 4.69) is 33.5 Å². The topological polar surface area (TPSA) is 103 Å². The van der Waals surface area contributed by atoms with Gasteiger partial charge < -0.3 is 24.6 Å². The summed E-state index contributed by atoms with van der Waals surface area (Å²) in [6.07, 6.45) is 2.32. The molecule has 0 atom stereocenters. The monoisotopic (exact) mass is 473 g/mol. The molecule has 0 fully saturated rings. The van der Waals surface area contributed by atoms with Crippen LogP contribution in [0.25, 0.3) is 22.0 Å². The number of hydrogen-bond acceptors (Lipinski definition) is 7. The van der Waals surface area contributed by atoms with Crippen molar-refractivity contribution in [3.05, 3.63) is 72.6 Å². The van der Waals surface area contributed by atoms with E-state index >= 15 is 0 Å². The lowest BCUT2D eigenvalue weighted by molar-refractivity contribution is -0.139. The summed E-state index contributed by atoms with van der Waals surface area (Å²) < 4.78 is 16.5. The average Bonchev–Trinajstić information content (AvgIpc) is 2.88. The van der Waals surface area contributed by atoms with Gasteiger partial charge in [0.25, 0.3) is 0 Å². The molecule has 0 bridgehead atoms. The zero-order valence-corrected chi connectivity index (χ0v) is 19.7. The summed E-state index contributed by atoms with van der Waals surface area (Å²) in [6.45, 7) is 2.53. The highest BCUT2D eigenvalue weighted by Gasteiger charge is 2.11. The van der Waals surface area contributed by atoms with Crippen molar-refractivity contribution >= 4 is 22.6 Å². The molecule has 35 heavy (non-hydrogen) atoms. The summed E-state index contributed by atoms with van der Waals surface area (Å²) >= 11 is 0. The number of methoxy groups -OCH3 is 1. The average molecular weight is 474 g/mol. The fourth-order valence-corrected chi connectivity index (χ4v) is 3.86. The molecule has 0 saturated heterocycles. The van der Waals surface area contributed by atoms with Gasteiger partial charge in [-0.3, -0.25) is 0 Å². The van der Waals surface area contributed by atoms with Crippen LogP contribution in [0.5, 0.6) is 17.2 Å². The number of aliphatic carboxylic acids is 1. The SMILES string of the molecule is CCOc1cc(-c2cc(NCCc3ccc(OC)c4ccccc34)ncn2)ccc1OCC(=O)O. The third kappa shape index (κ3) is 5.78. The van der Waals surface area contributed by atoms with Crippen LogP contribution in [0.4, 0.5) is 5.82 Å². The van der Waals surface area contributed by atoms with Crippen LogP contribution in [-0.2, 0) is 11.2 Å². The fraction of sp³-hybridized carbons (Fsp3) is 0.222. The second-order valence-electron chi connectivity index (χ2n) is 7.71. The maximum absolute atomic E-state index is 10.8. The first-order valence-corrected chi connectivity index (χ1v) is 11.3. The Hall–Kier alpha value is -4.33. The highest BCUT2D eigenvalue weighted by molar-refractivity contribution is 5.91. The molecule has 0 unspecified atom stereocenters. The third-order valence-electron chi connectivity index (χ3n) is 5.45. The van der Waals surface area contributed by atoms with E-state index in [1.807, 2.05) is 37.3 Å². The Balaban J connectivity index is 1.48. The Bertz CT molecular complexity index is 1330. The summed E-state index contributed by atoms with van der Waals surface area (Å²) in [6, 6.07) is 19.5. The van der Waals surface area contributed by atoms with Crippen molar-refractivity contribution in [3.8, 4) is 28.5 Å². The first kappa shape index (κ1) is 23.8. The van der Waals surface area contributed by atoms with Gasteiger partial charge in [-0.15, -0.1) is 0 Å². The van der Waals surface area contributed by atoms with E-state index in [9.17, 15) is 4.79 Å². The normalized spacial score (nSPS) is 10.7. The van der Waals surface area contributed by atoms with Gasteiger partial charge in [-0.05, 0) is 48.6 Å². The molecular formula is C27H27N3O5. The van der Waals surface area contributed by atoms with Crippen molar-refractivity contribution < 1.29 is 24.1 Å². The van der Waals surface area contributed by atoms with E-state index in [-0.39, 0.29) is 0 Å². The summed E-state index contributed by atoms with van der Waals surface area (Å²) in [5.74, 6) is 1.36. The minimum Gasteiger partial charge on any atom is -0.496 e. The predicted molar refractivity (Wildman–Crippen MR) is 134 cm³/mol. The van der Waals surface area contributed by atoms with Crippen LogP contribution in [0.1, 0.15) is 12.5 Å². The highest BCUT2D eigenvalue weighted by Crippen LogP contribution is 2.33. The molecular weight excluding hydrogens is 446 g/mol. The molecule has 0 aliphatic rings. The van der Waals surface area contributed by atoms with Crippen LogP contribution in [0.15, 0.2) is 67.0 Å². The van der Waals surface area contributed by atoms with Crippen LogP contribution in [-0.4, -0.2) is 47.9 Å². The molecule has 1 aromatic heterocycles. The summed E-state index contributed by atoms with van der Waals surface area (Å²) in [5.41, 5.74) is 2.74. The Labute approximate surface area is 203 Å². The molecule has 0 amide bonds. The van der Waals surface area contributed by atoms with Gasteiger partial charge in [-0.1, -0.05) is 30.3 Å². The standard InChI is InChI=1S/C27H27N3O5/c1-3-34-25-14-19(9-11-24(25)35-16-27(31)32)22-15-26(30-17-29-22)28-13-12-18-8-10-23(33-2)21-7-5-4-6-20(18)21/h4-11,14-15,17H,3,12-13,16H2,1-2H3,(H,31,32)(H,28,29,30). The molecule has 0 aliphatic heterocycles. The minimum absolute atomic E-state index is 0.372. The number of anilines is 1. The Morgan fingerprint density at radius 2 is 1.74 bits per heavy atom. The van der Waals surface area contributed by atoms with E-state index < -0.39 is 12.6 Å². The number of rotatable bonds is 11. The first-order valence-electron chi connectivity index (χ1n) is 11.3. The lowest BCUT2D eigenvalue weighted by Gasteiger charge is -2.13. The van der Waals surface area contributed by atoms with E-state index in [0.717, 1.165) is 23.1 Å². The highest BCUT2D eigenvalue weighted by atomic mass is 16.5. The number of carboxylic acids is 1. The molecule has 1 heterocycles. The molecule has 4 aromatic rings. The largest absolute Gasteiger partial charge is 0.496 e. The summed E-state index contributed by atoms with van der Waals surface area (Å²) in [4.78, 5) is 19.6. The smallest absolute Gasteiger partial charge is 0.341 e. The second kappa shape index (κ2) is 11.2. The van der Waals surface area contributed by atoms with Crippen LogP contribution >= 0.6 is 0 Å². The first-order chi connectivity index (χ1) is 17.1. The quantitative estimate of drug-likeness (QED) is 0.320. The number of nitrogens with one attached hydrogen (secondary N) is 1. The number of carbonyl (C=O) groups is 1. The molecule has 0 aliphatic carbocycles. The van der Waals surface area contributed by atoms with Gasteiger partial charge in [0, 0.05) is 23.6 Å². The number of benzene rings is 3. The van der Waals surface area contributed by atoms with Crippen molar-refractivity contribution in [1.82, 2.24) is 9.97 Å². The van der Waals surface area contributed by atoms with Crippen LogP contribution in [0, 0.1) is 0 Å². The predicted octanol–water partition coefficient (Wildman–Crippen LogP) is 4.82. The van der Waals surface area contributed by atoms with E-state index in [4.69, 9.17) is 19.3 Å². The van der Waals surface area contributed by atoms with Gasteiger partial charge in [-0.2, -0.15) is 0 Å². The molecule has 0 radical (unpaired) electrons. The number of fused-ring (bicyclic) bond motifs is 1. The fourth-order valence-electron chi connectivity index (χ4n) is 3.86. The third-order valence-corrected chi connectivity index (χ3v) is 5.45. The van der Waals surface area contributed by atoms with Gasteiger partial charge >= 0.3 is 5.97 Å². The molecule has 8 nitrogen and oxygen atoms in total. The lowest BCUT2D eigenvalue weighted by atomic mass is 10.0. The van der Waals surface area contributed by atoms with Crippen molar-refractivity contribution in [2.24, 2.45) is 0 Å². The van der Waals surface area contributed by atoms with E-state index in [1.54, 1.807) is 19.2 Å². The molecule has 0 spiro atoms. The Kier molecular flexibility index (Phi) is 7.62. The van der Waals surface area contributed by atoms with Gasteiger partial charge in [0.05, 0.1) is 19.4 Å². The van der Waals surface area contributed by atoms with Crippen LogP contribution < -0.4 is 19.5 Å². The Morgan fingerprint density at radius 1 is 0.943 bits per heavy atom. The number of hydrogen-bond donors (Lipinski definition) is 2. The number of carboxylic acid groups (broad SMARTS) is 1. The van der Waals surface area contributed by atoms with Gasteiger partial charge in [-0.25, -0.2) is 14.8 Å². The molecule has 180 valence electrons. The van der Waals surface area contributed by atoms with Gasteiger partial charge in [0.2, 0.25) is 0 Å². The number of nitrogens with zero attached hydrogens (tertiary/aromatic N) is 2. The van der Waals surface area contributed by atoms with Crippen molar-refractivity contribution in [2.45, 2.75) is 13.3 Å². The molecule has 4 rings (SSSR count). The van der Waals surface area contributed by atoms with Crippen molar-refractivity contribution in [1.29, 1.82) is 0 Å². The minimum atomic E-state index is -1.05. The number of ether oxygens (including phenoxy) is 3. The molecule has 2 N–H and O–H groups in total. The van der Waals surface area contributed by atoms with Crippen LogP contribution in [0.2, 0.25) is 0 Å². The van der Waals surface area contributed by atoms with Crippen molar-refractivity contribution in [2.75, 3.05) is 32.2 Å². The maximum atomic E-state index is 10.8. The summed E-state index contributed by atoms with van der Waals surface area (Å²) in [7, 11) is 1.68. The molecule has 0 saturated carbocycles. The number of aromatic nitrogens is 2. The molecule has 8 heteroatoms. The maximum Gasteiger partial charge on any atom is 0.341 e. The van der Waals surface area contributed by atoms with Crippen molar-refractivity contribution in [3.63, 3.8) is 0 Å². The second-order valence-corrected chi connectivity index (χ2v) is 7.71. The van der Waals surface area contributed by atoms with Gasteiger partial charge in [0.1, 0.15) is 17.9 Å². The Morgan fingerprint density at radius 3 is 2.51 bits per heavy atom. The zero-order valence-electron chi connectivity index (χ0n) is 19.7. The van der Waals surface area contributed by atoms with E-state index in [0.29, 0.717) is 36.2 Å². The molecule has 3 aromatic carbocycles. The lowest BCUT2D eigenvalue weighted by Crippen LogP contribution is -2.10. The van der Waals surface area contributed by atoms with Gasteiger partial charge in [0.15, 0.2) is 18.1 Å². The van der Waals surface area contributed by atoms with Crippen LogP contribution in [0.3, 0.4) is 0 Å². The zero-order chi connectivity index (χ0) is 24.6.